The lowest BCUT2D eigenvalue weighted by Crippen LogP contribution is -1.91. The fourth-order valence-corrected chi connectivity index (χ4v) is 2.57. The lowest BCUT2D eigenvalue weighted by atomic mass is 10.0. The van der Waals surface area contributed by atoms with Crippen LogP contribution in [0.3, 0.4) is 0 Å². The predicted molar refractivity (Wildman–Crippen MR) is 60.9 cm³/mol. The van der Waals surface area contributed by atoms with E-state index in [9.17, 15) is 0 Å². The van der Waals surface area contributed by atoms with Gasteiger partial charge in [0.05, 0.1) is 5.69 Å². The number of pyridine rings is 1. The minimum absolute atomic E-state index is 0.484. The molecule has 0 N–H and O–H groups in total. The number of hydrogen-bond donors (Lipinski definition) is 0. The van der Waals surface area contributed by atoms with Crippen LogP contribution in [0.5, 0.6) is 0 Å². The van der Waals surface area contributed by atoms with Crippen LogP contribution in [-0.4, -0.2) is 9.36 Å². The van der Waals surface area contributed by atoms with E-state index in [-0.39, 0.29) is 0 Å². The lowest BCUT2D eigenvalue weighted by molar-refractivity contribution is 0.848. The van der Waals surface area contributed by atoms with Gasteiger partial charge < -0.3 is 0 Å². The van der Waals surface area contributed by atoms with Gasteiger partial charge >= 0.3 is 0 Å². The molecule has 0 bridgehead atoms. The van der Waals surface area contributed by atoms with Crippen molar-refractivity contribution >= 4 is 21.7 Å². The van der Waals surface area contributed by atoms with Crippen molar-refractivity contribution in [3.8, 4) is 0 Å². The first-order valence-corrected chi connectivity index (χ1v) is 5.74. The van der Waals surface area contributed by atoms with Gasteiger partial charge in [-0.15, -0.1) is 0 Å². The average molecular weight is 206 g/mol. The molecule has 0 amide bonds. The van der Waals surface area contributed by atoms with Crippen LogP contribution >= 0.6 is 11.5 Å². The molecular formula is C11H14N2S. The third-order valence-electron chi connectivity index (χ3n) is 2.42. The molecule has 0 atom stereocenters. The molecule has 0 aliphatic heterocycles. The summed E-state index contributed by atoms with van der Waals surface area (Å²) in [5.74, 6) is 0.484. The van der Waals surface area contributed by atoms with Gasteiger partial charge in [-0.05, 0) is 35.5 Å². The van der Waals surface area contributed by atoms with Gasteiger partial charge in [-0.25, -0.2) is 4.98 Å². The summed E-state index contributed by atoms with van der Waals surface area (Å²) in [6, 6.07) is 2.10. The molecule has 2 heterocycles. The SMILES string of the molecule is CCc1ccnc2snc(C(C)C)c12. The summed E-state index contributed by atoms with van der Waals surface area (Å²) >= 11 is 1.51. The maximum absolute atomic E-state index is 4.48. The molecule has 14 heavy (non-hydrogen) atoms. The van der Waals surface area contributed by atoms with Crippen LogP contribution in [0.1, 0.15) is 37.9 Å². The van der Waals surface area contributed by atoms with Gasteiger partial charge in [0.25, 0.3) is 0 Å². The van der Waals surface area contributed by atoms with E-state index in [2.05, 4.69) is 36.2 Å². The van der Waals surface area contributed by atoms with E-state index in [0.717, 1.165) is 11.3 Å². The molecule has 0 aliphatic rings. The van der Waals surface area contributed by atoms with Gasteiger partial charge in [-0.3, -0.25) is 0 Å². The lowest BCUT2D eigenvalue weighted by Gasteiger charge is -2.04. The average Bonchev–Trinajstić information content (AvgIpc) is 2.60. The summed E-state index contributed by atoms with van der Waals surface area (Å²) in [7, 11) is 0. The normalized spacial score (nSPS) is 11.4. The second-order valence-corrected chi connectivity index (χ2v) is 4.48. The summed E-state index contributed by atoms with van der Waals surface area (Å²) in [4.78, 5) is 5.43. The molecule has 2 aromatic heterocycles. The van der Waals surface area contributed by atoms with Crippen molar-refractivity contribution in [2.75, 3.05) is 0 Å². The van der Waals surface area contributed by atoms with Crippen molar-refractivity contribution in [1.29, 1.82) is 0 Å². The van der Waals surface area contributed by atoms with Gasteiger partial charge in [0.2, 0.25) is 0 Å². The van der Waals surface area contributed by atoms with Gasteiger partial charge in [0.15, 0.2) is 0 Å². The van der Waals surface area contributed by atoms with Crippen molar-refractivity contribution in [1.82, 2.24) is 9.36 Å². The predicted octanol–water partition coefficient (Wildman–Crippen LogP) is 3.38. The summed E-state index contributed by atoms with van der Waals surface area (Å²) in [5.41, 5.74) is 2.57. The van der Waals surface area contributed by atoms with Crippen LogP contribution in [0.2, 0.25) is 0 Å². The molecule has 3 heteroatoms. The number of aryl methyl sites for hydroxylation is 1. The van der Waals surface area contributed by atoms with Crippen molar-refractivity contribution in [2.24, 2.45) is 0 Å². The van der Waals surface area contributed by atoms with E-state index < -0.39 is 0 Å². The molecule has 0 aromatic carbocycles. The zero-order valence-electron chi connectivity index (χ0n) is 8.74. The van der Waals surface area contributed by atoms with E-state index in [4.69, 9.17) is 0 Å². The zero-order valence-corrected chi connectivity index (χ0v) is 9.56. The highest BCUT2D eigenvalue weighted by molar-refractivity contribution is 7.13. The summed E-state index contributed by atoms with van der Waals surface area (Å²) < 4.78 is 4.48. The largest absolute Gasteiger partial charge is 0.244 e. The molecule has 0 radical (unpaired) electrons. The van der Waals surface area contributed by atoms with Gasteiger partial charge in [0, 0.05) is 11.6 Å². The van der Waals surface area contributed by atoms with Crippen molar-refractivity contribution in [2.45, 2.75) is 33.1 Å². The Morgan fingerprint density at radius 2 is 2.21 bits per heavy atom. The number of nitrogens with zero attached hydrogens (tertiary/aromatic N) is 2. The third-order valence-corrected chi connectivity index (χ3v) is 3.19. The highest BCUT2D eigenvalue weighted by Crippen LogP contribution is 2.29. The minimum atomic E-state index is 0.484. The molecule has 0 saturated carbocycles. The molecule has 2 aromatic rings. The van der Waals surface area contributed by atoms with Gasteiger partial charge in [-0.2, -0.15) is 4.37 Å². The van der Waals surface area contributed by atoms with Crippen molar-refractivity contribution < 1.29 is 0 Å². The van der Waals surface area contributed by atoms with E-state index in [0.29, 0.717) is 5.92 Å². The quantitative estimate of drug-likeness (QED) is 0.752. The third kappa shape index (κ3) is 1.42. The first-order chi connectivity index (χ1) is 6.74. The van der Waals surface area contributed by atoms with Crippen LogP contribution in [-0.2, 0) is 6.42 Å². The Morgan fingerprint density at radius 1 is 1.43 bits per heavy atom. The summed E-state index contributed by atoms with van der Waals surface area (Å²) in [6.45, 7) is 6.54. The standard InChI is InChI=1S/C11H14N2S/c1-4-8-5-6-12-11-9(8)10(7(2)3)13-14-11/h5-7H,4H2,1-3H3. The molecule has 0 fully saturated rings. The van der Waals surface area contributed by atoms with Crippen LogP contribution < -0.4 is 0 Å². The second kappa shape index (κ2) is 3.65. The molecule has 2 rings (SSSR count). The Bertz CT molecular complexity index is 445. The molecular weight excluding hydrogens is 192 g/mol. The fraction of sp³-hybridized carbons (Fsp3) is 0.455. The Morgan fingerprint density at radius 3 is 2.86 bits per heavy atom. The van der Waals surface area contributed by atoms with Crippen LogP contribution in [0, 0.1) is 0 Å². The molecule has 74 valence electrons. The Labute approximate surface area is 88.2 Å². The second-order valence-electron chi connectivity index (χ2n) is 3.73. The van der Waals surface area contributed by atoms with E-state index in [1.807, 2.05) is 6.20 Å². The summed E-state index contributed by atoms with van der Waals surface area (Å²) in [6.07, 6.45) is 2.93. The monoisotopic (exact) mass is 206 g/mol. The number of hydrogen-bond acceptors (Lipinski definition) is 3. The Kier molecular flexibility index (Phi) is 2.50. The first-order valence-electron chi connectivity index (χ1n) is 4.97. The maximum atomic E-state index is 4.48. The maximum Gasteiger partial charge on any atom is 0.143 e. The highest BCUT2D eigenvalue weighted by atomic mass is 32.1. The molecule has 0 aliphatic carbocycles. The molecule has 0 unspecified atom stereocenters. The first kappa shape index (κ1) is 9.59. The zero-order chi connectivity index (χ0) is 10.1. The number of fused-ring (bicyclic) bond motifs is 1. The minimum Gasteiger partial charge on any atom is -0.244 e. The number of rotatable bonds is 2. The smallest absolute Gasteiger partial charge is 0.143 e. The van der Waals surface area contributed by atoms with Crippen molar-refractivity contribution in [3.05, 3.63) is 23.5 Å². The molecule has 0 spiro atoms. The summed E-state index contributed by atoms with van der Waals surface area (Å²) in [5, 5.41) is 1.29. The van der Waals surface area contributed by atoms with Crippen LogP contribution in [0.25, 0.3) is 10.2 Å². The van der Waals surface area contributed by atoms with Gasteiger partial charge in [-0.1, -0.05) is 20.8 Å². The van der Waals surface area contributed by atoms with Crippen LogP contribution in [0.4, 0.5) is 0 Å². The molecule has 0 saturated heterocycles. The van der Waals surface area contributed by atoms with Gasteiger partial charge in [0.1, 0.15) is 4.83 Å². The van der Waals surface area contributed by atoms with Crippen molar-refractivity contribution in [3.63, 3.8) is 0 Å². The van der Waals surface area contributed by atoms with E-state index >= 15 is 0 Å². The highest BCUT2D eigenvalue weighted by Gasteiger charge is 2.12. The fourth-order valence-electron chi connectivity index (χ4n) is 1.65. The molecule has 2 nitrogen and oxygen atoms in total. The Balaban J connectivity index is 2.74. The number of aromatic nitrogens is 2. The topological polar surface area (TPSA) is 25.8 Å². The van der Waals surface area contributed by atoms with E-state index in [1.165, 1.54) is 28.2 Å². The van der Waals surface area contributed by atoms with Crippen LogP contribution in [0.15, 0.2) is 12.3 Å². The van der Waals surface area contributed by atoms with E-state index in [1.54, 1.807) is 0 Å². The Hall–Kier alpha value is -0.960.